The number of pyridine rings is 1. The maximum atomic E-state index is 12.6. The fourth-order valence-corrected chi connectivity index (χ4v) is 3.50. The van der Waals surface area contributed by atoms with Crippen molar-refractivity contribution in [1.29, 1.82) is 0 Å². The lowest BCUT2D eigenvalue weighted by atomic mass is 10.0. The first-order chi connectivity index (χ1) is 14.0. The zero-order chi connectivity index (χ0) is 20.8. The zero-order valence-corrected chi connectivity index (χ0v) is 18.2. The van der Waals surface area contributed by atoms with Crippen molar-refractivity contribution in [3.05, 3.63) is 63.8 Å². The standard InChI is InChI=1S/C20H20Cl2N4O3.ClH/c21-15-3-1-2-14(11-15)20(28)26-8-6-16(7-9-26)24-19-17(22)10-13(12-23-19)4-5-18(27)25-29;/h1-5,10-12,16,29H,6-9H2,(H,23,24)(H,25,27);1H/b5-4+;. The Kier molecular flexibility index (Phi) is 8.92. The number of carbonyl (C=O) groups is 2. The number of hydroxylamine groups is 1. The van der Waals surface area contributed by atoms with E-state index in [1.165, 1.54) is 17.6 Å². The Bertz CT molecular complexity index is 931. The maximum Gasteiger partial charge on any atom is 0.267 e. The Morgan fingerprint density at radius 2 is 1.93 bits per heavy atom. The SMILES string of the molecule is Cl.O=C(/C=C/c1cnc(NC2CCN(C(=O)c3cccc(Cl)c3)CC2)c(Cl)c1)NO. The minimum Gasteiger partial charge on any atom is -0.366 e. The van der Waals surface area contributed by atoms with Gasteiger partial charge >= 0.3 is 0 Å². The molecule has 160 valence electrons. The number of benzene rings is 1. The van der Waals surface area contributed by atoms with Crippen LogP contribution in [0.25, 0.3) is 6.08 Å². The Morgan fingerprint density at radius 1 is 1.20 bits per heavy atom. The maximum absolute atomic E-state index is 12.6. The van der Waals surface area contributed by atoms with Crippen molar-refractivity contribution >= 4 is 59.3 Å². The highest BCUT2D eigenvalue weighted by Crippen LogP contribution is 2.24. The fourth-order valence-electron chi connectivity index (χ4n) is 3.08. The van der Waals surface area contributed by atoms with Crippen LogP contribution in [0.2, 0.25) is 10.0 Å². The van der Waals surface area contributed by atoms with E-state index in [9.17, 15) is 9.59 Å². The van der Waals surface area contributed by atoms with Gasteiger partial charge in [0.25, 0.3) is 11.8 Å². The topological polar surface area (TPSA) is 94.6 Å². The molecule has 0 aliphatic carbocycles. The molecule has 0 radical (unpaired) electrons. The Labute approximate surface area is 190 Å². The van der Waals surface area contributed by atoms with E-state index in [-0.39, 0.29) is 24.4 Å². The third-order valence-corrected chi connectivity index (χ3v) is 5.12. The lowest BCUT2D eigenvalue weighted by Gasteiger charge is -2.33. The Morgan fingerprint density at radius 3 is 2.57 bits per heavy atom. The predicted molar refractivity (Wildman–Crippen MR) is 119 cm³/mol. The summed E-state index contributed by atoms with van der Waals surface area (Å²) in [5.41, 5.74) is 2.73. The first-order valence-electron chi connectivity index (χ1n) is 9.05. The molecular weight excluding hydrogens is 451 g/mol. The lowest BCUT2D eigenvalue weighted by Crippen LogP contribution is -2.42. The molecule has 30 heavy (non-hydrogen) atoms. The fraction of sp³-hybridized carbons (Fsp3) is 0.250. The van der Waals surface area contributed by atoms with Crippen LogP contribution in [0, 0.1) is 0 Å². The lowest BCUT2D eigenvalue weighted by molar-refractivity contribution is -0.124. The van der Waals surface area contributed by atoms with Crippen LogP contribution in [0.5, 0.6) is 0 Å². The van der Waals surface area contributed by atoms with Crippen LogP contribution >= 0.6 is 35.6 Å². The van der Waals surface area contributed by atoms with Gasteiger partial charge < -0.3 is 10.2 Å². The molecular formula is C20H21Cl3N4O3. The van der Waals surface area contributed by atoms with Crippen LogP contribution in [0.1, 0.15) is 28.8 Å². The number of halogens is 3. The molecule has 10 heteroatoms. The normalized spacial score (nSPS) is 14.3. The number of amides is 2. The molecule has 3 rings (SSSR count). The summed E-state index contributed by atoms with van der Waals surface area (Å²) in [6, 6.07) is 8.78. The molecule has 0 bridgehead atoms. The van der Waals surface area contributed by atoms with Crippen LogP contribution in [-0.4, -0.2) is 46.0 Å². The van der Waals surface area contributed by atoms with E-state index in [2.05, 4.69) is 10.3 Å². The van der Waals surface area contributed by atoms with Crippen LogP contribution in [0.3, 0.4) is 0 Å². The summed E-state index contributed by atoms with van der Waals surface area (Å²) in [6.45, 7) is 1.25. The van der Waals surface area contributed by atoms with E-state index in [1.54, 1.807) is 36.5 Å². The van der Waals surface area contributed by atoms with Crippen LogP contribution in [-0.2, 0) is 4.79 Å². The monoisotopic (exact) mass is 470 g/mol. The van der Waals surface area contributed by atoms with Crippen molar-refractivity contribution in [3.8, 4) is 0 Å². The van der Waals surface area contributed by atoms with Gasteiger partial charge in [-0.25, -0.2) is 10.5 Å². The minimum atomic E-state index is -0.637. The summed E-state index contributed by atoms with van der Waals surface area (Å²) in [7, 11) is 0. The molecule has 2 aromatic rings. The van der Waals surface area contributed by atoms with Crippen molar-refractivity contribution in [3.63, 3.8) is 0 Å². The van der Waals surface area contributed by atoms with Crippen LogP contribution in [0.4, 0.5) is 5.82 Å². The summed E-state index contributed by atoms with van der Waals surface area (Å²) >= 11 is 12.3. The third kappa shape index (κ3) is 6.34. The van der Waals surface area contributed by atoms with Gasteiger partial charge in [0.15, 0.2) is 0 Å². The summed E-state index contributed by atoms with van der Waals surface area (Å²) in [6.07, 6.45) is 5.78. The number of nitrogens with one attached hydrogen (secondary N) is 2. The first-order valence-corrected chi connectivity index (χ1v) is 9.81. The number of nitrogens with zero attached hydrogens (tertiary/aromatic N) is 2. The van der Waals surface area contributed by atoms with Crippen molar-refractivity contribution in [1.82, 2.24) is 15.4 Å². The second kappa shape index (κ2) is 11.2. The smallest absolute Gasteiger partial charge is 0.267 e. The average Bonchev–Trinajstić information content (AvgIpc) is 2.73. The highest BCUT2D eigenvalue weighted by Gasteiger charge is 2.24. The second-order valence-corrected chi connectivity index (χ2v) is 7.47. The van der Waals surface area contributed by atoms with Gasteiger partial charge in [0, 0.05) is 42.0 Å². The summed E-state index contributed by atoms with van der Waals surface area (Å²) in [5.74, 6) is -0.109. The van der Waals surface area contributed by atoms with E-state index < -0.39 is 5.91 Å². The molecule has 2 amide bonds. The van der Waals surface area contributed by atoms with Crippen LogP contribution in [0.15, 0.2) is 42.6 Å². The molecule has 0 saturated carbocycles. The predicted octanol–water partition coefficient (Wildman–Crippen LogP) is 4.05. The number of piperidine rings is 1. The molecule has 2 heterocycles. The quantitative estimate of drug-likeness (QED) is 0.347. The Balaban J connectivity index is 0.00000320. The van der Waals surface area contributed by atoms with E-state index in [1.807, 2.05) is 4.90 Å². The number of hydrogen-bond acceptors (Lipinski definition) is 5. The molecule has 0 spiro atoms. The summed E-state index contributed by atoms with van der Waals surface area (Å²) in [5, 5.41) is 12.8. The number of likely N-dealkylation sites (tertiary alicyclic amines) is 1. The van der Waals surface area contributed by atoms with Gasteiger partial charge in [-0.15, -0.1) is 12.4 Å². The summed E-state index contributed by atoms with van der Waals surface area (Å²) < 4.78 is 0. The average molecular weight is 472 g/mol. The highest BCUT2D eigenvalue weighted by atomic mass is 35.5. The van der Waals surface area contributed by atoms with E-state index in [0.717, 1.165) is 12.8 Å². The highest BCUT2D eigenvalue weighted by molar-refractivity contribution is 6.33. The number of hydrogen-bond donors (Lipinski definition) is 3. The summed E-state index contributed by atoms with van der Waals surface area (Å²) in [4.78, 5) is 29.8. The largest absolute Gasteiger partial charge is 0.366 e. The van der Waals surface area contributed by atoms with Gasteiger partial charge in [-0.2, -0.15) is 0 Å². The molecule has 0 unspecified atom stereocenters. The molecule has 3 N–H and O–H groups in total. The minimum absolute atomic E-state index is 0. The number of anilines is 1. The van der Waals surface area contributed by atoms with Gasteiger partial charge in [-0.05, 0) is 48.7 Å². The van der Waals surface area contributed by atoms with Crippen LogP contribution < -0.4 is 10.8 Å². The third-order valence-electron chi connectivity index (χ3n) is 4.59. The molecule has 1 aromatic carbocycles. The van der Waals surface area contributed by atoms with Crippen molar-refractivity contribution < 1.29 is 14.8 Å². The van der Waals surface area contributed by atoms with Crippen molar-refractivity contribution in [2.45, 2.75) is 18.9 Å². The number of rotatable bonds is 5. The van der Waals surface area contributed by atoms with E-state index >= 15 is 0 Å². The molecule has 1 aliphatic rings. The zero-order valence-electron chi connectivity index (χ0n) is 15.8. The van der Waals surface area contributed by atoms with E-state index in [0.29, 0.717) is 40.1 Å². The molecule has 1 aromatic heterocycles. The molecule has 0 atom stereocenters. The van der Waals surface area contributed by atoms with Gasteiger partial charge in [0.05, 0.1) is 5.02 Å². The Hall–Kier alpha value is -2.32. The molecule has 7 nitrogen and oxygen atoms in total. The van der Waals surface area contributed by atoms with Gasteiger partial charge in [0.1, 0.15) is 5.82 Å². The number of aromatic nitrogens is 1. The molecule has 1 aliphatic heterocycles. The van der Waals surface area contributed by atoms with Gasteiger partial charge in [-0.1, -0.05) is 29.3 Å². The first kappa shape index (κ1) is 24.0. The molecule has 1 saturated heterocycles. The van der Waals surface area contributed by atoms with Crippen molar-refractivity contribution in [2.24, 2.45) is 0 Å². The van der Waals surface area contributed by atoms with Gasteiger partial charge in [-0.3, -0.25) is 14.8 Å². The van der Waals surface area contributed by atoms with Crippen molar-refractivity contribution in [2.75, 3.05) is 18.4 Å². The van der Waals surface area contributed by atoms with Gasteiger partial charge in [0.2, 0.25) is 0 Å². The molecule has 1 fully saturated rings. The van der Waals surface area contributed by atoms with E-state index in [4.69, 9.17) is 28.4 Å². The number of carbonyl (C=O) groups excluding carboxylic acids is 2. The second-order valence-electron chi connectivity index (χ2n) is 6.63.